The van der Waals surface area contributed by atoms with Crippen molar-refractivity contribution >= 4 is 17.3 Å². The zero-order chi connectivity index (χ0) is 10.8. The van der Waals surface area contributed by atoms with Crippen LogP contribution in [-0.4, -0.2) is 18.1 Å². The minimum atomic E-state index is 0.567. The summed E-state index contributed by atoms with van der Waals surface area (Å²) in [7, 11) is 0. The van der Waals surface area contributed by atoms with E-state index in [9.17, 15) is 0 Å². The van der Waals surface area contributed by atoms with Crippen LogP contribution in [0.3, 0.4) is 0 Å². The molecule has 0 spiro atoms. The van der Waals surface area contributed by atoms with Crippen LogP contribution in [0.2, 0.25) is 5.15 Å². The first-order valence-electron chi connectivity index (χ1n) is 5.51. The fourth-order valence-corrected chi connectivity index (χ4v) is 2.54. The predicted molar refractivity (Wildman–Crippen MR) is 64.4 cm³/mol. The molecule has 0 radical (unpaired) electrons. The van der Waals surface area contributed by atoms with E-state index >= 15 is 0 Å². The summed E-state index contributed by atoms with van der Waals surface area (Å²) in [6.07, 6.45) is 3.20. The Morgan fingerprint density at radius 2 is 1.93 bits per heavy atom. The number of piperidine rings is 1. The van der Waals surface area contributed by atoms with Crippen LogP contribution in [0.4, 0.5) is 5.69 Å². The number of hydrogen-bond acceptors (Lipinski definition) is 2. The molecule has 0 N–H and O–H groups in total. The molecular weight excluding hydrogens is 208 g/mol. The zero-order valence-corrected chi connectivity index (χ0v) is 10.0. The van der Waals surface area contributed by atoms with E-state index in [1.165, 1.54) is 12.1 Å². The summed E-state index contributed by atoms with van der Waals surface area (Å²) < 4.78 is 0. The van der Waals surface area contributed by atoms with Crippen molar-refractivity contribution < 1.29 is 0 Å². The van der Waals surface area contributed by atoms with Gasteiger partial charge >= 0.3 is 0 Å². The predicted octanol–water partition coefficient (Wildman–Crippen LogP) is 3.22. The summed E-state index contributed by atoms with van der Waals surface area (Å²) in [6, 6.07) is 3.92. The van der Waals surface area contributed by atoms with Gasteiger partial charge in [0.1, 0.15) is 5.15 Å². The van der Waals surface area contributed by atoms with Crippen LogP contribution in [0.25, 0.3) is 0 Å². The van der Waals surface area contributed by atoms with Gasteiger partial charge in [0.25, 0.3) is 0 Å². The summed E-state index contributed by atoms with van der Waals surface area (Å²) in [4.78, 5) is 6.53. The van der Waals surface area contributed by atoms with Crippen LogP contribution in [0.15, 0.2) is 18.3 Å². The normalized spacial score (nSPS) is 26.7. The van der Waals surface area contributed by atoms with Crippen LogP contribution in [0, 0.1) is 11.8 Å². The SMILES string of the molecule is CC1CC(C)CN(c2ccc(Cl)nc2)C1. The Morgan fingerprint density at radius 1 is 1.27 bits per heavy atom. The van der Waals surface area contributed by atoms with Gasteiger partial charge in [-0.25, -0.2) is 4.98 Å². The third-order valence-electron chi connectivity index (χ3n) is 2.95. The summed E-state index contributed by atoms with van der Waals surface area (Å²) in [5.74, 6) is 1.54. The lowest BCUT2D eigenvalue weighted by molar-refractivity contribution is 0.357. The molecule has 82 valence electrons. The maximum absolute atomic E-state index is 5.78. The first kappa shape index (κ1) is 10.7. The van der Waals surface area contributed by atoms with Crippen molar-refractivity contribution in [3.8, 4) is 0 Å². The third kappa shape index (κ3) is 2.63. The molecule has 2 unspecified atom stereocenters. The quantitative estimate of drug-likeness (QED) is 0.681. The number of nitrogens with zero attached hydrogens (tertiary/aromatic N) is 2. The first-order valence-corrected chi connectivity index (χ1v) is 5.89. The second-order valence-corrected chi connectivity index (χ2v) is 5.08. The maximum Gasteiger partial charge on any atom is 0.129 e. The summed E-state index contributed by atoms with van der Waals surface area (Å²) in [5.41, 5.74) is 1.19. The molecule has 2 atom stereocenters. The lowest BCUT2D eigenvalue weighted by atomic mass is 9.92. The molecule has 1 aromatic heterocycles. The molecule has 15 heavy (non-hydrogen) atoms. The molecule has 0 bridgehead atoms. The van der Waals surface area contributed by atoms with Crippen LogP contribution < -0.4 is 4.90 Å². The Hall–Kier alpha value is -0.760. The van der Waals surface area contributed by atoms with Gasteiger partial charge in [-0.3, -0.25) is 0 Å². The van der Waals surface area contributed by atoms with Crippen molar-refractivity contribution in [3.63, 3.8) is 0 Å². The average Bonchev–Trinajstić information content (AvgIpc) is 2.17. The summed E-state index contributed by atoms with van der Waals surface area (Å²) in [6.45, 7) is 6.89. The van der Waals surface area contributed by atoms with Crippen molar-refractivity contribution in [1.29, 1.82) is 0 Å². The highest BCUT2D eigenvalue weighted by molar-refractivity contribution is 6.29. The minimum absolute atomic E-state index is 0.567. The number of hydrogen-bond donors (Lipinski definition) is 0. The van der Waals surface area contributed by atoms with E-state index in [1.54, 1.807) is 0 Å². The lowest BCUT2D eigenvalue weighted by Gasteiger charge is -2.36. The Bertz CT molecular complexity index is 313. The lowest BCUT2D eigenvalue weighted by Crippen LogP contribution is -2.38. The molecule has 0 amide bonds. The number of halogens is 1. The number of anilines is 1. The van der Waals surface area contributed by atoms with E-state index in [1.807, 2.05) is 12.3 Å². The van der Waals surface area contributed by atoms with E-state index in [-0.39, 0.29) is 0 Å². The molecule has 2 rings (SSSR count). The fourth-order valence-electron chi connectivity index (χ4n) is 2.43. The van der Waals surface area contributed by atoms with Gasteiger partial charge < -0.3 is 4.90 Å². The molecule has 0 aromatic carbocycles. The maximum atomic E-state index is 5.78. The van der Waals surface area contributed by atoms with Gasteiger partial charge in [-0.05, 0) is 30.4 Å². The zero-order valence-electron chi connectivity index (χ0n) is 9.28. The minimum Gasteiger partial charge on any atom is -0.370 e. The standard InChI is InChI=1S/C12H17ClN2/c1-9-5-10(2)8-15(7-9)11-3-4-12(13)14-6-11/h3-4,6,9-10H,5,7-8H2,1-2H3. The Kier molecular flexibility index (Phi) is 3.15. The number of rotatable bonds is 1. The van der Waals surface area contributed by atoms with Crippen molar-refractivity contribution in [2.24, 2.45) is 11.8 Å². The summed E-state index contributed by atoms with van der Waals surface area (Å²) in [5, 5.41) is 0.567. The second-order valence-electron chi connectivity index (χ2n) is 4.69. The van der Waals surface area contributed by atoms with E-state index < -0.39 is 0 Å². The van der Waals surface area contributed by atoms with E-state index in [0.29, 0.717) is 5.15 Å². The van der Waals surface area contributed by atoms with Gasteiger partial charge in [-0.2, -0.15) is 0 Å². The first-order chi connectivity index (χ1) is 7.15. The van der Waals surface area contributed by atoms with Crippen molar-refractivity contribution in [1.82, 2.24) is 4.98 Å². The van der Waals surface area contributed by atoms with Crippen LogP contribution in [0.1, 0.15) is 20.3 Å². The average molecular weight is 225 g/mol. The molecule has 1 aliphatic heterocycles. The molecule has 0 aliphatic carbocycles. The van der Waals surface area contributed by atoms with Gasteiger partial charge in [0.15, 0.2) is 0 Å². The van der Waals surface area contributed by atoms with Crippen LogP contribution in [-0.2, 0) is 0 Å². The highest BCUT2D eigenvalue weighted by atomic mass is 35.5. The molecule has 1 fully saturated rings. The Balaban J connectivity index is 2.12. The Morgan fingerprint density at radius 3 is 2.47 bits per heavy atom. The second kappa shape index (κ2) is 4.40. The molecule has 3 heteroatoms. The molecule has 1 aromatic rings. The Labute approximate surface area is 96.3 Å². The molecule has 2 heterocycles. The van der Waals surface area contributed by atoms with Crippen LogP contribution >= 0.6 is 11.6 Å². The van der Waals surface area contributed by atoms with Crippen LogP contribution in [0.5, 0.6) is 0 Å². The van der Waals surface area contributed by atoms with E-state index in [0.717, 1.165) is 24.9 Å². The largest absolute Gasteiger partial charge is 0.370 e. The summed E-state index contributed by atoms with van der Waals surface area (Å²) >= 11 is 5.78. The van der Waals surface area contributed by atoms with Gasteiger partial charge in [0.2, 0.25) is 0 Å². The number of pyridine rings is 1. The fraction of sp³-hybridized carbons (Fsp3) is 0.583. The molecular formula is C12H17ClN2. The van der Waals surface area contributed by atoms with Crippen molar-refractivity contribution in [3.05, 3.63) is 23.5 Å². The van der Waals surface area contributed by atoms with Gasteiger partial charge in [-0.1, -0.05) is 25.4 Å². The smallest absolute Gasteiger partial charge is 0.129 e. The van der Waals surface area contributed by atoms with Gasteiger partial charge in [0.05, 0.1) is 11.9 Å². The van der Waals surface area contributed by atoms with E-state index in [4.69, 9.17) is 11.6 Å². The van der Waals surface area contributed by atoms with Gasteiger partial charge in [0, 0.05) is 13.1 Å². The molecule has 1 saturated heterocycles. The topological polar surface area (TPSA) is 16.1 Å². The molecule has 0 saturated carbocycles. The van der Waals surface area contributed by atoms with Crippen molar-refractivity contribution in [2.75, 3.05) is 18.0 Å². The molecule has 1 aliphatic rings. The highest BCUT2D eigenvalue weighted by Crippen LogP contribution is 2.26. The number of aromatic nitrogens is 1. The van der Waals surface area contributed by atoms with Gasteiger partial charge in [-0.15, -0.1) is 0 Å². The highest BCUT2D eigenvalue weighted by Gasteiger charge is 2.21. The van der Waals surface area contributed by atoms with E-state index in [2.05, 4.69) is 29.8 Å². The monoisotopic (exact) mass is 224 g/mol. The molecule has 2 nitrogen and oxygen atoms in total. The third-order valence-corrected chi connectivity index (χ3v) is 3.17. The van der Waals surface area contributed by atoms with Crippen molar-refractivity contribution in [2.45, 2.75) is 20.3 Å².